The molecular weight excluding hydrogens is 282 g/mol. The number of hydrogen-bond donors (Lipinski definition) is 2. The van der Waals surface area contributed by atoms with E-state index in [0.29, 0.717) is 12.1 Å². The molecule has 17 heavy (non-hydrogen) atoms. The Bertz CT molecular complexity index is 451. The van der Waals surface area contributed by atoms with Crippen LogP contribution < -0.4 is 5.32 Å². The number of aromatic carboxylic acids is 1. The van der Waals surface area contributed by atoms with Crippen LogP contribution in [0.4, 0.5) is 5.69 Å². The minimum atomic E-state index is -0.949. The van der Waals surface area contributed by atoms with Crippen molar-refractivity contribution in [2.45, 2.75) is 25.8 Å². The average molecular weight is 296 g/mol. The van der Waals surface area contributed by atoms with Crippen molar-refractivity contribution in [3.05, 3.63) is 28.2 Å². The number of terminal acetylenes is 1. The third-order valence-corrected chi connectivity index (χ3v) is 2.92. The van der Waals surface area contributed by atoms with Gasteiger partial charge in [-0.05, 0) is 24.6 Å². The number of anilines is 1. The third kappa shape index (κ3) is 3.79. The topological polar surface area (TPSA) is 49.3 Å². The van der Waals surface area contributed by atoms with Crippen molar-refractivity contribution < 1.29 is 9.90 Å². The Kier molecular flexibility index (Phi) is 5.05. The Labute approximate surface area is 109 Å². The highest BCUT2D eigenvalue weighted by Crippen LogP contribution is 2.23. The van der Waals surface area contributed by atoms with Gasteiger partial charge in [-0.3, -0.25) is 0 Å². The minimum absolute atomic E-state index is 0.0902. The maximum absolute atomic E-state index is 11.1. The lowest BCUT2D eigenvalue weighted by Gasteiger charge is -2.17. The number of carboxylic acid groups (broad SMARTS) is 1. The van der Waals surface area contributed by atoms with Gasteiger partial charge < -0.3 is 10.4 Å². The Morgan fingerprint density at radius 2 is 2.35 bits per heavy atom. The van der Waals surface area contributed by atoms with Gasteiger partial charge in [-0.15, -0.1) is 12.3 Å². The number of halogens is 1. The molecule has 0 fully saturated rings. The van der Waals surface area contributed by atoms with Crippen LogP contribution in [0.3, 0.4) is 0 Å². The van der Waals surface area contributed by atoms with Crippen LogP contribution >= 0.6 is 15.9 Å². The Morgan fingerprint density at radius 3 is 2.88 bits per heavy atom. The van der Waals surface area contributed by atoms with Crippen LogP contribution in [0.15, 0.2) is 22.7 Å². The summed E-state index contributed by atoms with van der Waals surface area (Å²) in [6.07, 6.45) is 6.69. The molecule has 0 aromatic heterocycles. The van der Waals surface area contributed by atoms with Gasteiger partial charge in [0.1, 0.15) is 0 Å². The molecule has 1 aromatic carbocycles. The molecule has 1 unspecified atom stereocenters. The van der Waals surface area contributed by atoms with Crippen LogP contribution in [-0.2, 0) is 0 Å². The largest absolute Gasteiger partial charge is 0.478 e. The predicted octanol–water partition coefficient (Wildman–Crippen LogP) is 3.36. The van der Waals surface area contributed by atoms with Crippen molar-refractivity contribution in [1.82, 2.24) is 0 Å². The van der Waals surface area contributed by atoms with E-state index in [-0.39, 0.29) is 11.6 Å². The van der Waals surface area contributed by atoms with E-state index in [1.165, 1.54) is 0 Å². The van der Waals surface area contributed by atoms with E-state index in [1.54, 1.807) is 18.2 Å². The second kappa shape index (κ2) is 6.31. The maximum atomic E-state index is 11.1. The first-order valence-electron chi connectivity index (χ1n) is 5.31. The minimum Gasteiger partial charge on any atom is -0.478 e. The van der Waals surface area contributed by atoms with E-state index in [1.807, 2.05) is 6.92 Å². The maximum Gasteiger partial charge on any atom is 0.337 e. The van der Waals surface area contributed by atoms with Gasteiger partial charge in [-0.2, -0.15) is 0 Å². The first kappa shape index (κ1) is 13.6. The average Bonchev–Trinajstić information content (AvgIpc) is 2.28. The van der Waals surface area contributed by atoms with Crippen LogP contribution in [0.1, 0.15) is 30.1 Å². The number of carboxylic acids is 1. The first-order chi connectivity index (χ1) is 8.08. The van der Waals surface area contributed by atoms with E-state index in [4.69, 9.17) is 11.5 Å². The zero-order chi connectivity index (χ0) is 12.8. The molecule has 3 nitrogen and oxygen atoms in total. The first-order valence-corrected chi connectivity index (χ1v) is 6.10. The molecule has 1 aromatic rings. The summed E-state index contributed by atoms with van der Waals surface area (Å²) in [4.78, 5) is 11.1. The fraction of sp³-hybridized carbons (Fsp3) is 0.308. The summed E-state index contributed by atoms with van der Waals surface area (Å²) in [5.41, 5.74) is 0.845. The molecule has 1 rings (SSSR count). The monoisotopic (exact) mass is 295 g/mol. The fourth-order valence-electron chi connectivity index (χ4n) is 1.48. The van der Waals surface area contributed by atoms with Crippen molar-refractivity contribution in [2.75, 3.05) is 5.32 Å². The number of hydrogen-bond acceptors (Lipinski definition) is 2. The zero-order valence-corrected chi connectivity index (χ0v) is 11.1. The summed E-state index contributed by atoms with van der Waals surface area (Å²) < 4.78 is 0.834. The molecule has 0 amide bonds. The molecule has 0 saturated heterocycles. The van der Waals surface area contributed by atoms with Crippen molar-refractivity contribution in [2.24, 2.45) is 0 Å². The van der Waals surface area contributed by atoms with Gasteiger partial charge in [0.2, 0.25) is 0 Å². The standard InChI is InChI=1S/C13H14BrNO2/c1-3-5-10(4-2)15-12-8-9(14)6-7-11(12)13(16)17/h1,6-8,10,15H,4-5H2,2H3,(H,16,17). The smallest absolute Gasteiger partial charge is 0.337 e. The van der Waals surface area contributed by atoms with Gasteiger partial charge in [-0.1, -0.05) is 22.9 Å². The van der Waals surface area contributed by atoms with Gasteiger partial charge in [0.15, 0.2) is 0 Å². The Balaban J connectivity index is 2.99. The molecule has 0 spiro atoms. The lowest BCUT2D eigenvalue weighted by atomic mass is 10.1. The molecule has 0 aliphatic rings. The number of benzene rings is 1. The molecule has 0 aliphatic carbocycles. The summed E-state index contributed by atoms with van der Waals surface area (Å²) >= 11 is 3.32. The number of rotatable bonds is 5. The summed E-state index contributed by atoms with van der Waals surface area (Å²) in [6.45, 7) is 2.01. The van der Waals surface area contributed by atoms with E-state index in [9.17, 15) is 4.79 Å². The number of nitrogens with one attached hydrogen (secondary N) is 1. The van der Waals surface area contributed by atoms with Crippen molar-refractivity contribution >= 4 is 27.6 Å². The summed E-state index contributed by atoms with van der Waals surface area (Å²) in [5, 5.41) is 12.2. The van der Waals surface area contributed by atoms with Gasteiger partial charge in [0, 0.05) is 16.9 Å². The van der Waals surface area contributed by atoms with Crippen LogP contribution in [0.5, 0.6) is 0 Å². The Morgan fingerprint density at radius 1 is 1.65 bits per heavy atom. The van der Waals surface area contributed by atoms with E-state index in [2.05, 4.69) is 27.2 Å². The fourth-order valence-corrected chi connectivity index (χ4v) is 1.84. The van der Waals surface area contributed by atoms with Crippen LogP contribution in [0, 0.1) is 12.3 Å². The zero-order valence-electron chi connectivity index (χ0n) is 9.53. The van der Waals surface area contributed by atoms with Crippen LogP contribution in [0.25, 0.3) is 0 Å². The highest BCUT2D eigenvalue weighted by molar-refractivity contribution is 9.10. The summed E-state index contributed by atoms with van der Waals surface area (Å²) in [6, 6.07) is 5.11. The van der Waals surface area contributed by atoms with Gasteiger partial charge in [-0.25, -0.2) is 4.79 Å². The number of carbonyl (C=O) groups is 1. The molecule has 0 bridgehead atoms. The molecule has 0 aliphatic heterocycles. The molecule has 4 heteroatoms. The molecule has 90 valence electrons. The van der Waals surface area contributed by atoms with Crippen molar-refractivity contribution in [3.8, 4) is 12.3 Å². The highest BCUT2D eigenvalue weighted by atomic mass is 79.9. The quantitative estimate of drug-likeness (QED) is 0.819. The summed E-state index contributed by atoms with van der Waals surface area (Å²) in [7, 11) is 0. The summed E-state index contributed by atoms with van der Waals surface area (Å²) in [5.74, 6) is 1.63. The second-order valence-corrected chi connectivity index (χ2v) is 4.57. The van der Waals surface area contributed by atoms with E-state index < -0.39 is 5.97 Å². The molecule has 0 radical (unpaired) electrons. The lowest BCUT2D eigenvalue weighted by molar-refractivity contribution is 0.0698. The SMILES string of the molecule is C#CCC(CC)Nc1cc(Br)ccc1C(=O)O. The predicted molar refractivity (Wildman–Crippen MR) is 72.3 cm³/mol. The normalized spacial score (nSPS) is 11.6. The van der Waals surface area contributed by atoms with Crippen molar-refractivity contribution in [1.29, 1.82) is 0 Å². The molecular formula is C13H14BrNO2. The van der Waals surface area contributed by atoms with Crippen molar-refractivity contribution in [3.63, 3.8) is 0 Å². The molecule has 0 heterocycles. The van der Waals surface area contributed by atoms with Gasteiger partial charge in [0.05, 0.1) is 11.3 Å². The van der Waals surface area contributed by atoms with E-state index in [0.717, 1.165) is 10.9 Å². The molecule has 2 N–H and O–H groups in total. The highest BCUT2D eigenvalue weighted by Gasteiger charge is 2.13. The molecule has 1 atom stereocenters. The lowest BCUT2D eigenvalue weighted by Crippen LogP contribution is -2.19. The second-order valence-electron chi connectivity index (χ2n) is 3.65. The van der Waals surface area contributed by atoms with Gasteiger partial charge >= 0.3 is 5.97 Å². The van der Waals surface area contributed by atoms with Crippen LogP contribution in [0.2, 0.25) is 0 Å². The van der Waals surface area contributed by atoms with Crippen LogP contribution in [-0.4, -0.2) is 17.1 Å². The third-order valence-electron chi connectivity index (χ3n) is 2.43. The Hall–Kier alpha value is -1.47. The molecule has 0 saturated carbocycles. The van der Waals surface area contributed by atoms with Gasteiger partial charge in [0.25, 0.3) is 0 Å². The van der Waals surface area contributed by atoms with E-state index >= 15 is 0 Å².